The summed E-state index contributed by atoms with van der Waals surface area (Å²) in [5, 5.41) is 7.90. The number of carbonyl (C=O) groups is 1. The zero-order valence-corrected chi connectivity index (χ0v) is 15.2. The molecule has 0 radical (unpaired) electrons. The maximum Gasteiger partial charge on any atom is 0.277 e. The van der Waals surface area contributed by atoms with Crippen molar-refractivity contribution in [1.82, 2.24) is 10.2 Å². The highest BCUT2D eigenvalue weighted by Gasteiger charge is 2.16. The second-order valence-electron chi connectivity index (χ2n) is 5.31. The van der Waals surface area contributed by atoms with Crippen LogP contribution in [0, 0.1) is 11.6 Å². The maximum atomic E-state index is 13.6. The van der Waals surface area contributed by atoms with E-state index in [0.717, 1.165) is 30.0 Å². The molecule has 0 aliphatic rings. The molecule has 0 aliphatic heterocycles. The molecule has 0 amide bonds. The lowest BCUT2D eigenvalue weighted by Crippen LogP contribution is -2.06. The van der Waals surface area contributed by atoms with E-state index in [4.69, 9.17) is 13.9 Å². The standard InChI is InChI=1S/C18H14F2N2O4S/c1-24-12-5-10(6-13(8-12)25-2)17-21-22-18(26-17)27-9-16(23)14-7-11(19)3-4-15(14)20/h3-8H,9H2,1-2H3. The van der Waals surface area contributed by atoms with Gasteiger partial charge in [-0.1, -0.05) is 11.8 Å². The van der Waals surface area contributed by atoms with E-state index in [1.807, 2.05) is 0 Å². The number of benzene rings is 2. The van der Waals surface area contributed by atoms with Crippen molar-refractivity contribution in [2.24, 2.45) is 0 Å². The number of aromatic nitrogens is 2. The fourth-order valence-electron chi connectivity index (χ4n) is 2.23. The van der Waals surface area contributed by atoms with Crippen LogP contribution >= 0.6 is 11.8 Å². The van der Waals surface area contributed by atoms with Crippen LogP contribution in [0.15, 0.2) is 46.0 Å². The highest BCUT2D eigenvalue weighted by molar-refractivity contribution is 7.99. The van der Waals surface area contributed by atoms with Gasteiger partial charge in [-0.2, -0.15) is 0 Å². The second-order valence-corrected chi connectivity index (χ2v) is 6.24. The lowest BCUT2D eigenvalue weighted by molar-refractivity contribution is 0.101. The Hall–Kier alpha value is -2.94. The lowest BCUT2D eigenvalue weighted by atomic mass is 10.1. The normalized spacial score (nSPS) is 10.7. The van der Waals surface area contributed by atoms with Crippen LogP contribution in [0.4, 0.5) is 8.78 Å². The molecule has 9 heteroatoms. The molecule has 1 aromatic heterocycles. The first-order valence-corrected chi connectivity index (χ1v) is 8.66. The minimum atomic E-state index is -0.781. The van der Waals surface area contributed by atoms with Gasteiger partial charge in [-0.3, -0.25) is 4.79 Å². The van der Waals surface area contributed by atoms with E-state index < -0.39 is 17.4 Å². The van der Waals surface area contributed by atoms with E-state index in [1.165, 1.54) is 14.2 Å². The number of rotatable bonds is 7. The van der Waals surface area contributed by atoms with Gasteiger partial charge < -0.3 is 13.9 Å². The van der Waals surface area contributed by atoms with Gasteiger partial charge in [0.25, 0.3) is 5.22 Å². The van der Waals surface area contributed by atoms with Gasteiger partial charge >= 0.3 is 0 Å². The first-order chi connectivity index (χ1) is 13.0. The van der Waals surface area contributed by atoms with Crippen LogP contribution in [0.25, 0.3) is 11.5 Å². The Morgan fingerprint density at radius 3 is 2.44 bits per heavy atom. The largest absolute Gasteiger partial charge is 0.497 e. The summed E-state index contributed by atoms with van der Waals surface area (Å²) in [6.07, 6.45) is 0. The van der Waals surface area contributed by atoms with E-state index in [9.17, 15) is 13.6 Å². The van der Waals surface area contributed by atoms with Crippen molar-refractivity contribution in [1.29, 1.82) is 0 Å². The van der Waals surface area contributed by atoms with Gasteiger partial charge in [0, 0.05) is 11.6 Å². The summed E-state index contributed by atoms with van der Waals surface area (Å²) in [5.41, 5.74) is 0.257. The quantitative estimate of drug-likeness (QED) is 0.444. The Bertz CT molecular complexity index is 955. The molecule has 0 saturated heterocycles. The third-order valence-corrected chi connectivity index (χ3v) is 4.38. The molecule has 0 aliphatic carbocycles. The fourth-order valence-corrected chi connectivity index (χ4v) is 2.88. The van der Waals surface area contributed by atoms with Gasteiger partial charge in [0.1, 0.15) is 23.1 Å². The highest BCUT2D eigenvalue weighted by atomic mass is 32.2. The van der Waals surface area contributed by atoms with E-state index in [0.29, 0.717) is 17.1 Å². The van der Waals surface area contributed by atoms with Crippen LogP contribution in [0.2, 0.25) is 0 Å². The Balaban J connectivity index is 1.73. The Labute approximate surface area is 157 Å². The molecular weight excluding hydrogens is 378 g/mol. The summed E-state index contributed by atoms with van der Waals surface area (Å²) in [4.78, 5) is 12.1. The number of hydrogen-bond acceptors (Lipinski definition) is 7. The summed E-state index contributed by atoms with van der Waals surface area (Å²) in [6.45, 7) is 0. The number of carbonyl (C=O) groups excluding carboxylic acids is 1. The number of ketones is 1. The smallest absolute Gasteiger partial charge is 0.277 e. The molecule has 2 aromatic carbocycles. The molecule has 140 valence electrons. The second kappa shape index (κ2) is 8.17. The summed E-state index contributed by atoms with van der Waals surface area (Å²) in [7, 11) is 3.04. The topological polar surface area (TPSA) is 74.5 Å². The van der Waals surface area contributed by atoms with E-state index in [1.54, 1.807) is 18.2 Å². The Morgan fingerprint density at radius 1 is 1.07 bits per heavy atom. The van der Waals surface area contributed by atoms with Crippen molar-refractivity contribution in [3.05, 3.63) is 53.6 Å². The molecule has 6 nitrogen and oxygen atoms in total. The van der Waals surface area contributed by atoms with Crippen LogP contribution < -0.4 is 9.47 Å². The number of thioether (sulfide) groups is 1. The molecule has 0 N–H and O–H groups in total. The summed E-state index contributed by atoms with van der Waals surface area (Å²) < 4.78 is 42.7. The van der Waals surface area contributed by atoms with Gasteiger partial charge in [-0.25, -0.2) is 8.78 Å². The summed E-state index contributed by atoms with van der Waals surface area (Å²) in [5.74, 6) is -0.918. The van der Waals surface area contributed by atoms with Crippen molar-refractivity contribution < 1.29 is 27.5 Å². The van der Waals surface area contributed by atoms with Gasteiger partial charge in [0.2, 0.25) is 5.89 Å². The predicted octanol–water partition coefficient (Wildman–Crippen LogP) is 4.01. The van der Waals surface area contributed by atoms with Crippen molar-refractivity contribution in [3.63, 3.8) is 0 Å². The van der Waals surface area contributed by atoms with Gasteiger partial charge in [-0.15, -0.1) is 10.2 Å². The number of halogens is 2. The van der Waals surface area contributed by atoms with Crippen LogP contribution in [0.1, 0.15) is 10.4 Å². The summed E-state index contributed by atoms with van der Waals surface area (Å²) in [6, 6.07) is 7.80. The third-order valence-electron chi connectivity index (χ3n) is 3.56. The van der Waals surface area contributed by atoms with E-state index in [-0.39, 0.29) is 22.4 Å². The van der Waals surface area contributed by atoms with E-state index in [2.05, 4.69) is 10.2 Å². The van der Waals surface area contributed by atoms with Crippen molar-refractivity contribution in [2.45, 2.75) is 5.22 Å². The van der Waals surface area contributed by atoms with Crippen molar-refractivity contribution in [3.8, 4) is 23.0 Å². The van der Waals surface area contributed by atoms with Gasteiger partial charge in [0.15, 0.2) is 5.78 Å². The Kier molecular flexibility index (Phi) is 5.70. The lowest BCUT2D eigenvalue weighted by Gasteiger charge is -2.05. The number of ether oxygens (including phenoxy) is 2. The fraction of sp³-hybridized carbons (Fsp3) is 0.167. The summed E-state index contributed by atoms with van der Waals surface area (Å²) >= 11 is 0.932. The molecule has 0 saturated carbocycles. The number of nitrogens with zero attached hydrogens (tertiary/aromatic N) is 2. The maximum absolute atomic E-state index is 13.6. The minimum Gasteiger partial charge on any atom is -0.497 e. The van der Waals surface area contributed by atoms with Crippen LogP contribution in [0.5, 0.6) is 11.5 Å². The molecule has 0 atom stereocenters. The zero-order chi connectivity index (χ0) is 19.4. The Morgan fingerprint density at radius 2 is 1.78 bits per heavy atom. The molecule has 0 unspecified atom stereocenters. The van der Waals surface area contributed by atoms with Gasteiger partial charge in [0.05, 0.1) is 25.5 Å². The van der Waals surface area contributed by atoms with Gasteiger partial charge in [-0.05, 0) is 30.3 Å². The van der Waals surface area contributed by atoms with Crippen LogP contribution in [-0.4, -0.2) is 36.0 Å². The molecule has 0 fully saturated rings. The third kappa shape index (κ3) is 4.43. The first-order valence-electron chi connectivity index (χ1n) is 7.68. The van der Waals surface area contributed by atoms with Crippen molar-refractivity contribution >= 4 is 17.5 Å². The number of hydrogen-bond donors (Lipinski definition) is 0. The monoisotopic (exact) mass is 392 g/mol. The van der Waals surface area contributed by atoms with Crippen LogP contribution in [-0.2, 0) is 0 Å². The predicted molar refractivity (Wildman–Crippen MR) is 94.3 cm³/mol. The molecule has 1 heterocycles. The highest BCUT2D eigenvalue weighted by Crippen LogP contribution is 2.30. The molecule has 27 heavy (non-hydrogen) atoms. The minimum absolute atomic E-state index is 0.122. The van der Waals surface area contributed by atoms with Crippen LogP contribution in [0.3, 0.4) is 0 Å². The molecule has 3 aromatic rings. The van der Waals surface area contributed by atoms with Crippen molar-refractivity contribution in [2.75, 3.05) is 20.0 Å². The zero-order valence-electron chi connectivity index (χ0n) is 14.4. The SMILES string of the molecule is COc1cc(OC)cc(-c2nnc(SCC(=O)c3cc(F)ccc3F)o2)c1. The molecule has 0 spiro atoms. The average Bonchev–Trinajstić information content (AvgIpc) is 3.16. The number of methoxy groups -OCH3 is 2. The molecular formula is C18H14F2N2O4S. The van der Waals surface area contributed by atoms with E-state index >= 15 is 0 Å². The number of Topliss-reactive ketones (excluding diaryl/α,β-unsaturated/α-hetero) is 1. The molecule has 0 bridgehead atoms. The first kappa shape index (κ1) is 18.8. The molecule has 3 rings (SSSR count). The average molecular weight is 392 g/mol.